The molecule has 0 aliphatic rings. The van der Waals surface area contributed by atoms with Gasteiger partial charge in [0.1, 0.15) is 15.3 Å². The second-order valence-corrected chi connectivity index (χ2v) is 8.57. The molecule has 0 saturated carbocycles. The number of nitrogen functional groups attached to an aromatic ring is 1. The van der Waals surface area contributed by atoms with E-state index in [1.165, 1.54) is 0 Å². The van der Waals surface area contributed by atoms with E-state index < -0.39 is 0 Å². The van der Waals surface area contributed by atoms with E-state index in [2.05, 4.69) is 27.7 Å². The van der Waals surface area contributed by atoms with Gasteiger partial charge in [0.05, 0.1) is 16.6 Å². The van der Waals surface area contributed by atoms with Gasteiger partial charge in [-0.2, -0.15) is 0 Å². The average Bonchev–Trinajstić information content (AvgIpc) is 2.40. The van der Waals surface area contributed by atoms with Crippen molar-refractivity contribution >= 4 is 15.2 Å². The standard InChI is InChI=1S/C16H28N2O2Si/c1-6-16(5,20-14-9-7-13(18)8-10-14)21-15(3,4)19-12(2)11-17/h7-10,12H,6,11,17-18H2,1-5H3. The van der Waals surface area contributed by atoms with Gasteiger partial charge in [-0.25, -0.2) is 0 Å². The molecule has 4 nitrogen and oxygen atoms in total. The van der Waals surface area contributed by atoms with Crippen LogP contribution in [0.15, 0.2) is 24.3 Å². The van der Waals surface area contributed by atoms with Gasteiger partial charge >= 0.3 is 0 Å². The normalized spacial score (nSPS) is 16.3. The van der Waals surface area contributed by atoms with Crippen LogP contribution in [0, 0.1) is 0 Å². The molecular formula is C16H28N2O2Si. The minimum Gasteiger partial charge on any atom is -0.492 e. The fourth-order valence-corrected chi connectivity index (χ4v) is 4.08. The molecule has 0 spiro atoms. The maximum absolute atomic E-state index is 6.20. The first-order valence-electron chi connectivity index (χ1n) is 7.41. The van der Waals surface area contributed by atoms with Crippen molar-refractivity contribution in [2.75, 3.05) is 12.3 Å². The highest BCUT2D eigenvalue weighted by molar-refractivity contribution is 6.43. The van der Waals surface area contributed by atoms with Gasteiger partial charge in [-0.3, -0.25) is 0 Å². The van der Waals surface area contributed by atoms with E-state index in [9.17, 15) is 0 Å². The van der Waals surface area contributed by atoms with Crippen LogP contribution in [0.25, 0.3) is 0 Å². The Bertz CT molecular complexity index is 436. The minimum atomic E-state index is -0.270. The summed E-state index contributed by atoms with van der Waals surface area (Å²) in [4.78, 5) is 0. The number of hydrogen-bond acceptors (Lipinski definition) is 4. The third-order valence-corrected chi connectivity index (χ3v) is 5.00. The molecule has 1 rings (SSSR count). The third kappa shape index (κ3) is 6.07. The lowest BCUT2D eigenvalue weighted by Crippen LogP contribution is -2.51. The predicted molar refractivity (Wildman–Crippen MR) is 89.6 cm³/mol. The molecule has 2 atom stereocenters. The van der Waals surface area contributed by atoms with Crippen LogP contribution in [0.1, 0.15) is 41.0 Å². The third-order valence-electron chi connectivity index (χ3n) is 3.29. The molecule has 1 aromatic rings. The molecule has 0 saturated heterocycles. The van der Waals surface area contributed by atoms with Crippen LogP contribution in [-0.2, 0) is 4.74 Å². The molecule has 4 N–H and O–H groups in total. The maximum atomic E-state index is 6.20. The summed E-state index contributed by atoms with van der Waals surface area (Å²) in [5.41, 5.74) is 12.1. The Morgan fingerprint density at radius 1 is 1.19 bits per heavy atom. The molecular weight excluding hydrogens is 280 g/mol. The predicted octanol–water partition coefficient (Wildman–Crippen LogP) is 2.58. The highest BCUT2D eigenvalue weighted by Gasteiger charge is 2.36. The number of anilines is 1. The van der Waals surface area contributed by atoms with Crippen molar-refractivity contribution in [2.45, 2.75) is 57.6 Å². The van der Waals surface area contributed by atoms with Crippen molar-refractivity contribution in [3.8, 4) is 5.75 Å². The highest BCUT2D eigenvalue weighted by Crippen LogP contribution is 2.26. The van der Waals surface area contributed by atoms with Gasteiger partial charge in [0, 0.05) is 12.2 Å². The summed E-state index contributed by atoms with van der Waals surface area (Å²) in [5, 5.41) is -0.536. The van der Waals surface area contributed by atoms with Crippen molar-refractivity contribution < 1.29 is 9.47 Å². The molecule has 5 heteroatoms. The molecule has 0 aromatic heterocycles. The SMILES string of the molecule is CCC(C)(Oc1ccc(N)cc1)[Si]C(C)(C)OC(C)CN. The van der Waals surface area contributed by atoms with Gasteiger partial charge in [0.2, 0.25) is 0 Å². The first-order chi connectivity index (χ1) is 9.69. The number of benzene rings is 1. The Kier molecular flexibility index (Phi) is 6.25. The van der Waals surface area contributed by atoms with E-state index in [0.29, 0.717) is 16.1 Å². The smallest absolute Gasteiger partial charge is 0.140 e. The van der Waals surface area contributed by atoms with Crippen LogP contribution in [0.5, 0.6) is 5.75 Å². The van der Waals surface area contributed by atoms with Gasteiger partial charge in [-0.15, -0.1) is 0 Å². The van der Waals surface area contributed by atoms with Crippen molar-refractivity contribution in [2.24, 2.45) is 5.73 Å². The molecule has 2 unspecified atom stereocenters. The second-order valence-electron chi connectivity index (χ2n) is 6.05. The first kappa shape index (κ1) is 18.0. The van der Waals surface area contributed by atoms with E-state index >= 15 is 0 Å². The number of hydrogen-bond donors (Lipinski definition) is 2. The van der Waals surface area contributed by atoms with E-state index in [0.717, 1.165) is 17.9 Å². The molecule has 118 valence electrons. The summed E-state index contributed by atoms with van der Waals surface area (Å²) in [6.45, 7) is 11.0. The topological polar surface area (TPSA) is 70.5 Å². The van der Waals surface area contributed by atoms with E-state index in [-0.39, 0.29) is 16.6 Å². The molecule has 0 heterocycles. The molecule has 0 bridgehead atoms. The van der Waals surface area contributed by atoms with Crippen LogP contribution in [0.4, 0.5) is 5.69 Å². The lowest BCUT2D eigenvalue weighted by atomic mass is 10.2. The van der Waals surface area contributed by atoms with Crippen molar-refractivity contribution in [3.63, 3.8) is 0 Å². The lowest BCUT2D eigenvalue weighted by molar-refractivity contribution is -0.0135. The van der Waals surface area contributed by atoms with Gasteiger partial charge in [0.25, 0.3) is 0 Å². The van der Waals surface area contributed by atoms with Crippen LogP contribution in [0.3, 0.4) is 0 Å². The van der Waals surface area contributed by atoms with Crippen molar-refractivity contribution in [1.29, 1.82) is 0 Å². The monoisotopic (exact) mass is 308 g/mol. The zero-order chi connectivity index (χ0) is 16.1. The Morgan fingerprint density at radius 3 is 2.24 bits per heavy atom. The number of ether oxygens (including phenoxy) is 2. The Balaban J connectivity index is 2.76. The molecule has 2 radical (unpaired) electrons. The second kappa shape index (κ2) is 7.29. The fourth-order valence-electron chi connectivity index (χ4n) is 2.20. The lowest BCUT2D eigenvalue weighted by Gasteiger charge is -2.37. The number of rotatable bonds is 8. The first-order valence-corrected chi connectivity index (χ1v) is 8.41. The van der Waals surface area contributed by atoms with E-state index in [1.807, 2.05) is 31.2 Å². The summed E-state index contributed by atoms with van der Waals surface area (Å²) in [6, 6.07) is 7.52. The summed E-state index contributed by atoms with van der Waals surface area (Å²) in [7, 11) is 0.490. The van der Waals surface area contributed by atoms with Gasteiger partial charge in [-0.05, 0) is 58.4 Å². The molecule has 1 aromatic carbocycles. The van der Waals surface area contributed by atoms with E-state index in [4.69, 9.17) is 20.9 Å². The quantitative estimate of drug-likeness (QED) is 0.572. The van der Waals surface area contributed by atoms with Crippen LogP contribution in [0.2, 0.25) is 0 Å². The van der Waals surface area contributed by atoms with Crippen molar-refractivity contribution in [3.05, 3.63) is 24.3 Å². The van der Waals surface area contributed by atoms with Gasteiger partial charge in [0.15, 0.2) is 0 Å². The van der Waals surface area contributed by atoms with Crippen molar-refractivity contribution in [1.82, 2.24) is 0 Å². The fraction of sp³-hybridized carbons (Fsp3) is 0.625. The number of nitrogens with two attached hydrogens (primary N) is 2. The van der Waals surface area contributed by atoms with Crippen LogP contribution < -0.4 is 16.2 Å². The Morgan fingerprint density at radius 2 is 1.76 bits per heavy atom. The molecule has 0 aliphatic heterocycles. The average molecular weight is 308 g/mol. The molecule has 0 fully saturated rings. The molecule has 0 amide bonds. The summed E-state index contributed by atoms with van der Waals surface area (Å²) in [5.74, 6) is 0.837. The minimum absolute atomic E-state index is 0.0464. The Hall–Kier alpha value is -1.04. The molecule has 21 heavy (non-hydrogen) atoms. The Labute approximate surface area is 131 Å². The summed E-state index contributed by atoms with van der Waals surface area (Å²) >= 11 is 0. The summed E-state index contributed by atoms with van der Waals surface area (Å²) < 4.78 is 12.2. The zero-order valence-corrected chi connectivity index (χ0v) is 14.8. The van der Waals surface area contributed by atoms with Gasteiger partial charge in [-0.1, -0.05) is 6.92 Å². The van der Waals surface area contributed by atoms with Crippen LogP contribution in [-0.4, -0.2) is 32.6 Å². The van der Waals surface area contributed by atoms with E-state index in [1.54, 1.807) is 0 Å². The summed E-state index contributed by atoms with van der Waals surface area (Å²) in [6.07, 6.45) is 0.949. The molecule has 0 aliphatic carbocycles. The highest BCUT2D eigenvalue weighted by atomic mass is 28.2. The largest absolute Gasteiger partial charge is 0.492 e. The maximum Gasteiger partial charge on any atom is 0.140 e. The van der Waals surface area contributed by atoms with Gasteiger partial charge < -0.3 is 20.9 Å². The van der Waals surface area contributed by atoms with Crippen LogP contribution >= 0.6 is 0 Å². The zero-order valence-electron chi connectivity index (χ0n) is 13.8.